The fourth-order valence-corrected chi connectivity index (χ4v) is 2.13. The van der Waals surface area contributed by atoms with E-state index in [2.05, 4.69) is 15.5 Å². The summed E-state index contributed by atoms with van der Waals surface area (Å²) in [4.78, 5) is 11.6. The fourth-order valence-electron chi connectivity index (χ4n) is 1.39. The predicted molar refractivity (Wildman–Crippen MR) is 69.1 cm³/mol. The predicted octanol–water partition coefficient (Wildman–Crippen LogP) is -0.483. The molecular weight excluding hydrogens is 254 g/mol. The number of amides is 1. The maximum Gasteiger partial charge on any atom is 0.230 e. The molecule has 102 valence electrons. The van der Waals surface area contributed by atoms with Crippen LogP contribution in [-0.2, 0) is 23.1 Å². The van der Waals surface area contributed by atoms with Gasteiger partial charge in [-0.15, -0.1) is 10.2 Å². The van der Waals surface area contributed by atoms with E-state index in [0.29, 0.717) is 29.9 Å². The number of carbonyl (C=O) groups excluding carboxylic acids is 1. The molecule has 0 aliphatic carbocycles. The Morgan fingerprint density at radius 1 is 1.61 bits per heavy atom. The van der Waals surface area contributed by atoms with Crippen LogP contribution in [0, 0.1) is 0 Å². The highest BCUT2D eigenvalue weighted by Crippen LogP contribution is 2.14. The van der Waals surface area contributed by atoms with Gasteiger partial charge >= 0.3 is 0 Å². The highest BCUT2D eigenvalue weighted by molar-refractivity contribution is 7.99. The van der Waals surface area contributed by atoms with E-state index in [-0.39, 0.29) is 11.9 Å². The highest BCUT2D eigenvalue weighted by Gasteiger charge is 2.11. The van der Waals surface area contributed by atoms with Crippen molar-refractivity contribution in [3.05, 3.63) is 5.82 Å². The molecule has 1 heterocycles. The molecule has 1 unspecified atom stereocenters. The van der Waals surface area contributed by atoms with Crippen molar-refractivity contribution in [2.75, 3.05) is 19.5 Å². The minimum absolute atomic E-state index is 0.00204. The second-order valence-electron chi connectivity index (χ2n) is 3.87. The van der Waals surface area contributed by atoms with Crippen LogP contribution in [0.2, 0.25) is 0 Å². The Bertz CT molecular complexity index is 396. The number of carbonyl (C=O) groups is 1. The van der Waals surface area contributed by atoms with Crippen molar-refractivity contribution in [3.8, 4) is 0 Å². The molecule has 8 heteroatoms. The first-order valence-corrected chi connectivity index (χ1v) is 6.56. The summed E-state index contributed by atoms with van der Waals surface area (Å²) in [6.07, 6.45) is 0. The molecule has 0 aliphatic rings. The summed E-state index contributed by atoms with van der Waals surface area (Å²) in [7, 11) is 3.43. The van der Waals surface area contributed by atoms with E-state index in [1.807, 2.05) is 14.0 Å². The van der Waals surface area contributed by atoms with E-state index in [4.69, 9.17) is 10.5 Å². The number of rotatable bonds is 7. The van der Waals surface area contributed by atoms with Gasteiger partial charge in [-0.1, -0.05) is 11.8 Å². The van der Waals surface area contributed by atoms with Crippen molar-refractivity contribution in [2.24, 2.45) is 12.8 Å². The molecule has 3 N–H and O–H groups in total. The van der Waals surface area contributed by atoms with Crippen LogP contribution in [0.1, 0.15) is 12.7 Å². The molecule has 7 nitrogen and oxygen atoms in total. The van der Waals surface area contributed by atoms with Crippen LogP contribution in [0.3, 0.4) is 0 Å². The molecule has 1 aromatic rings. The normalized spacial score (nSPS) is 12.4. The van der Waals surface area contributed by atoms with Gasteiger partial charge in [0, 0.05) is 20.2 Å². The molecule has 0 aromatic carbocycles. The smallest absolute Gasteiger partial charge is 0.230 e. The quantitative estimate of drug-likeness (QED) is 0.651. The van der Waals surface area contributed by atoms with Gasteiger partial charge in [-0.2, -0.15) is 0 Å². The molecule has 18 heavy (non-hydrogen) atoms. The summed E-state index contributed by atoms with van der Waals surface area (Å²) in [5, 5.41) is 11.4. The van der Waals surface area contributed by atoms with E-state index < -0.39 is 0 Å². The number of nitrogens with zero attached hydrogens (tertiary/aromatic N) is 3. The number of aromatic nitrogens is 3. The third-order valence-corrected chi connectivity index (χ3v) is 3.28. The summed E-state index contributed by atoms with van der Waals surface area (Å²) in [5.74, 6) is 0.942. The van der Waals surface area contributed by atoms with Gasteiger partial charge in [0.1, 0.15) is 5.82 Å². The van der Waals surface area contributed by atoms with Crippen LogP contribution < -0.4 is 11.1 Å². The van der Waals surface area contributed by atoms with Crippen molar-refractivity contribution in [1.29, 1.82) is 0 Å². The van der Waals surface area contributed by atoms with Crippen LogP contribution in [-0.4, -0.2) is 46.2 Å². The molecule has 1 rings (SSSR count). The lowest BCUT2D eigenvalue weighted by molar-refractivity contribution is -0.119. The lowest BCUT2D eigenvalue weighted by atomic mass is 10.3. The van der Waals surface area contributed by atoms with Crippen LogP contribution >= 0.6 is 11.8 Å². The second-order valence-corrected chi connectivity index (χ2v) is 4.82. The number of methoxy groups -OCH3 is 1. The lowest BCUT2D eigenvalue weighted by Crippen LogP contribution is -2.36. The summed E-state index contributed by atoms with van der Waals surface area (Å²) in [6.45, 7) is 2.72. The van der Waals surface area contributed by atoms with Crippen LogP contribution in [0.25, 0.3) is 0 Å². The molecule has 1 amide bonds. The Morgan fingerprint density at radius 3 is 2.89 bits per heavy atom. The van der Waals surface area contributed by atoms with Crippen molar-refractivity contribution < 1.29 is 9.53 Å². The third-order valence-electron chi connectivity index (χ3n) is 2.26. The lowest BCUT2D eigenvalue weighted by Gasteiger charge is -2.12. The van der Waals surface area contributed by atoms with Gasteiger partial charge in [-0.05, 0) is 6.92 Å². The maximum absolute atomic E-state index is 11.6. The SMILES string of the molecule is COCC(C)NC(=O)CSc1nnc(CN)n1C. The second kappa shape index (κ2) is 7.34. The zero-order valence-corrected chi connectivity index (χ0v) is 11.7. The van der Waals surface area contributed by atoms with Gasteiger partial charge < -0.3 is 20.4 Å². The molecule has 0 fully saturated rings. The van der Waals surface area contributed by atoms with E-state index in [9.17, 15) is 4.79 Å². The minimum Gasteiger partial charge on any atom is -0.383 e. The van der Waals surface area contributed by atoms with Gasteiger partial charge in [0.2, 0.25) is 5.91 Å². The Labute approximate surface area is 110 Å². The van der Waals surface area contributed by atoms with Crippen molar-refractivity contribution in [3.63, 3.8) is 0 Å². The zero-order chi connectivity index (χ0) is 13.5. The maximum atomic E-state index is 11.6. The first-order chi connectivity index (χ1) is 8.58. The standard InChI is InChI=1S/C10H19N5O2S/c1-7(5-17-3)12-9(16)6-18-10-14-13-8(4-11)15(10)2/h7H,4-6,11H2,1-3H3,(H,12,16). The average Bonchev–Trinajstić information content (AvgIpc) is 2.67. The largest absolute Gasteiger partial charge is 0.383 e. The molecule has 0 saturated heterocycles. The Kier molecular flexibility index (Phi) is 6.10. The number of nitrogens with two attached hydrogens (primary N) is 1. The van der Waals surface area contributed by atoms with Gasteiger partial charge in [0.15, 0.2) is 5.16 Å². The highest BCUT2D eigenvalue weighted by atomic mass is 32.2. The Morgan fingerprint density at radius 2 is 2.33 bits per heavy atom. The Balaban J connectivity index is 2.40. The first-order valence-electron chi connectivity index (χ1n) is 5.58. The number of nitrogens with one attached hydrogen (secondary N) is 1. The molecule has 0 bridgehead atoms. The van der Waals surface area contributed by atoms with Crippen LogP contribution in [0.5, 0.6) is 0 Å². The van der Waals surface area contributed by atoms with Crippen LogP contribution in [0.15, 0.2) is 5.16 Å². The van der Waals surface area contributed by atoms with Crippen molar-refractivity contribution >= 4 is 17.7 Å². The molecule has 0 aliphatic heterocycles. The van der Waals surface area contributed by atoms with Crippen molar-refractivity contribution in [2.45, 2.75) is 24.7 Å². The van der Waals surface area contributed by atoms with E-state index in [1.165, 1.54) is 11.8 Å². The minimum atomic E-state index is -0.0538. The van der Waals surface area contributed by atoms with Gasteiger partial charge in [0.05, 0.1) is 18.9 Å². The summed E-state index contributed by atoms with van der Waals surface area (Å²) in [5.41, 5.74) is 5.49. The Hall–Kier alpha value is -1.12. The van der Waals surface area contributed by atoms with E-state index in [0.717, 1.165) is 0 Å². The molecular formula is C10H19N5O2S. The molecule has 1 aromatic heterocycles. The number of hydrogen-bond acceptors (Lipinski definition) is 6. The van der Waals surface area contributed by atoms with Crippen LogP contribution in [0.4, 0.5) is 0 Å². The first kappa shape index (κ1) is 14.9. The molecule has 0 spiro atoms. The molecule has 1 atom stereocenters. The van der Waals surface area contributed by atoms with Gasteiger partial charge in [-0.25, -0.2) is 0 Å². The van der Waals surface area contributed by atoms with Gasteiger partial charge in [0.25, 0.3) is 0 Å². The third kappa shape index (κ3) is 4.28. The number of hydrogen-bond donors (Lipinski definition) is 2. The van der Waals surface area contributed by atoms with E-state index >= 15 is 0 Å². The van der Waals surface area contributed by atoms with Crippen molar-refractivity contribution in [1.82, 2.24) is 20.1 Å². The molecule has 0 radical (unpaired) electrons. The topological polar surface area (TPSA) is 95.1 Å². The summed E-state index contributed by atoms with van der Waals surface area (Å²) < 4.78 is 6.73. The van der Waals surface area contributed by atoms with Gasteiger partial charge in [-0.3, -0.25) is 4.79 Å². The zero-order valence-electron chi connectivity index (χ0n) is 10.8. The number of thioether (sulfide) groups is 1. The fraction of sp³-hybridized carbons (Fsp3) is 0.700. The summed E-state index contributed by atoms with van der Waals surface area (Å²) >= 11 is 1.33. The average molecular weight is 273 g/mol. The molecule has 0 saturated carbocycles. The summed E-state index contributed by atoms with van der Waals surface area (Å²) in [6, 6.07) is 0.00204. The number of ether oxygens (including phenoxy) is 1. The monoisotopic (exact) mass is 273 g/mol. The van der Waals surface area contributed by atoms with E-state index in [1.54, 1.807) is 11.7 Å².